The molecular weight excluding hydrogens is 320 g/mol. The summed E-state index contributed by atoms with van der Waals surface area (Å²) in [6.45, 7) is 1.87. The van der Waals surface area contributed by atoms with Crippen LogP contribution in [0, 0.1) is 6.92 Å². The number of nitrogens with one attached hydrogen (secondary N) is 1. The molecule has 0 saturated heterocycles. The third-order valence-corrected chi connectivity index (χ3v) is 3.63. The summed E-state index contributed by atoms with van der Waals surface area (Å²) in [5, 5.41) is 2.81. The van der Waals surface area contributed by atoms with Gasteiger partial charge in [-0.2, -0.15) is 0 Å². The Kier molecular flexibility index (Phi) is 4.29. The number of nitrogens with two attached hydrogens (primary N) is 1. The van der Waals surface area contributed by atoms with Crippen molar-refractivity contribution >= 4 is 33.2 Å². The molecule has 2 rings (SSSR count). The number of ether oxygens (including phenoxy) is 1. The first-order valence-corrected chi connectivity index (χ1v) is 6.82. The van der Waals surface area contributed by atoms with Crippen molar-refractivity contribution in [2.24, 2.45) is 0 Å². The highest BCUT2D eigenvalue weighted by molar-refractivity contribution is 9.10. The summed E-state index contributed by atoms with van der Waals surface area (Å²) in [7, 11) is 1.57. The number of nitrogen functional groups attached to an aromatic ring is 1. The number of carbonyl (C=O) groups is 1. The van der Waals surface area contributed by atoms with E-state index in [2.05, 4.69) is 21.2 Å². The average Bonchev–Trinajstić information content (AvgIpc) is 2.43. The summed E-state index contributed by atoms with van der Waals surface area (Å²) in [5.41, 5.74) is 8.41. The molecule has 1 amide bonds. The first-order valence-electron chi connectivity index (χ1n) is 6.03. The molecule has 104 valence electrons. The van der Waals surface area contributed by atoms with E-state index in [0.29, 0.717) is 22.7 Å². The Balaban J connectivity index is 2.26. The molecule has 0 spiro atoms. The van der Waals surface area contributed by atoms with E-state index < -0.39 is 0 Å². The van der Waals surface area contributed by atoms with Crippen LogP contribution in [0.5, 0.6) is 5.75 Å². The van der Waals surface area contributed by atoms with Crippen molar-refractivity contribution in [2.75, 3.05) is 18.2 Å². The third-order valence-electron chi connectivity index (χ3n) is 2.98. The fourth-order valence-corrected chi connectivity index (χ4v) is 2.22. The molecule has 3 N–H and O–H groups in total. The predicted molar refractivity (Wildman–Crippen MR) is 84.2 cm³/mol. The van der Waals surface area contributed by atoms with Gasteiger partial charge in [0.15, 0.2) is 0 Å². The van der Waals surface area contributed by atoms with Crippen LogP contribution in [-0.4, -0.2) is 13.0 Å². The molecule has 0 heterocycles. The maximum Gasteiger partial charge on any atom is 0.257 e. The van der Waals surface area contributed by atoms with Gasteiger partial charge in [-0.05, 0) is 46.6 Å². The number of anilines is 2. The fourth-order valence-electron chi connectivity index (χ4n) is 1.81. The molecule has 20 heavy (non-hydrogen) atoms. The monoisotopic (exact) mass is 334 g/mol. The van der Waals surface area contributed by atoms with Crippen LogP contribution in [-0.2, 0) is 0 Å². The van der Waals surface area contributed by atoms with Crippen molar-refractivity contribution in [3.05, 3.63) is 52.0 Å². The van der Waals surface area contributed by atoms with Crippen molar-refractivity contribution in [2.45, 2.75) is 6.92 Å². The molecule has 0 fully saturated rings. The van der Waals surface area contributed by atoms with Gasteiger partial charge in [0.25, 0.3) is 5.91 Å². The number of halogens is 1. The molecule has 2 aromatic carbocycles. The highest BCUT2D eigenvalue weighted by Crippen LogP contribution is 2.28. The Morgan fingerprint density at radius 1 is 1.30 bits per heavy atom. The molecule has 0 saturated carbocycles. The Bertz CT molecular complexity index is 656. The zero-order chi connectivity index (χ0) is 14.7. The second kappa shape index (κ2) is 5.96. The smallest absolute Gasteiger partial charge is 0.257 e. The van der Waals surface area contributed by atoms with Crippen LogP contribution in [0.1, 0.15) is 15.9 Å². The molecule has 5 heteroatoms. The van der Waals surface area contributed by atoms with Gasteiger partial charge in [-0.25, -0.2) is 0 Å². The standard InChI is InChI=1S/C15H15BrN2O2/c1-9-4-3-5-11(14(9)17)15(19)18-10-6-7-12(16)13(8-10)20-2/h3-8H,17H2,1-2H3,(H,18,19). The van der Waals surface area contributed by atoms with E-state index in [0.717, 1.165) is 10.0 Å². The molecule has 0 aromatic heterocycles. The maximum atomic E-state index is 12.2. The van der Waals surface area contributed by atoms with Crippen molar-refractivity contribution in [1.29, 1.82) is 0 Å². The number of para-hydroxylation sites is 1. The number of methoxy groups -OCH3 is 1. The molecule has 0 radical (unpaired) electrons. The number of benzene rings is 2. The quantitative estimate of drug-likeness (QED) is 0.843. The lowest BCUT2D eigenvalue weighted by molar-refractivity contribution is 0.102. The van der Waals surface area contributed by atoms with Crippen LogP contribution in [0.15, 0.2) is 40.9 Å². The van der Waals surface area contributed by atoms with Crippen molar-refractivity contribution < 1.29 is 9.53 Å². The first-order chi connectivity index (χ1) is 9.52. The minimum Gasteiger partial charge on any atom is -0.495 e. The van der Waals surface area contributed by atoms with Gasteiger partial charge in [-0.15, -0.1) is 0 Å². The van der Waals surface area contributed by atoms with Gasteiger partial charge in [-0.1, -0.05) is 12.1 Å². The van der Waals surface area contributed by atoms with E-state index in [-0.39, 0.29) is 5.91 Å². The second-order valence-electron chi connectivity index (χ2n) is 4.34. The number of rotatable bonds is 3. The van der Waals surface area contributed by atoms with E-state index in [9.17, 15) is 4.79 Å². The summed E-state index contributed by atoms with van der Waals surface area (Å²) < 4.78 is 6.02. The van der Waals surface area contributed by atoms with E-state index in [1.807, 2.05) is 25.1 Å². The number of aryl methyl sites for hydroxylation is 1. The number of hydrogen-bond donors (Lipinski definition) is 2. The third kappa shape index (κ3) is 2.93. The van der Waals surface area contributed by atoms with Gasteiger partial charge in [-0.3, -0.25) is 4.79 Å². The second-order valence-corrected chi connectivity index (χ2v) is 5.19. The van der Waals surface area contributed by atoms with Crippen LogP contribution < -0.4 is 15.8 Å². The minimum absolute atomic E-state index is 0.240. The summed E-state index contributed by atoms with van der Waals surface area (Å²) >= 11 is 3.37. The SMILES string of the molecule is COc1cc(NC(=O)c2cccc(C)c2N)ccc1Br. The maximum absolute atomic E-state index is 12.2. The highest BCUT2D eigenvalue weighted by atomic mass is 79.9. The summed E-state index contributed by atoms with van der Waals surface area (Å²) in [5.74, 6) is 0.413. The number of hydrogen-bond acceptors (Lipinski definition) is 3. The van der Waals surface area contributed by atoms with Crippen LogP contribution in [0.4, 0.5) is 11.4 Å². The molecule has 0 aliphatic heterocycles. The van der Waals surface area contributed by atoms with Gasteiger partial charge in [0, 0.05) is 17.4 Å². The lowest BCUT2D eigenvalue weighted by Gasteiger charge is -2.11. The van der Waals surface area contributed by atoms with E-state index in [1.165, 1.54) is 0 Å². The van der Waals surface area contributed by atoms with E-state index in [4.69, 9.17) is 10.5 Å². The molecule has 0 atom stereocenters. The number of carbonyl (C=O) groups excluding carboxylic acids is 1. The zero-order valence-electron chi connectivity index (χ0n) is 11.2. The molecule has 0 unspecified atom stereocenters. The summed E-state index contributed by atoms with van der Waals surface area (Å²) in [4.78, 5) is 12.2. The van der Waals surface area contributed by atoms with Crippen molar-refractivity contribution in [3.8, 4) is 5.75 Å². The minimum atomic E-state index is -0.240. The zero-order valence-corrected chi connectivity index (χ0v) is 12.8. The number of amides is 1. The van der Waals surface area contributed by atoms with Gasteiger partial charge < -0.3 is 15.8 Å². The van der Waals surface area contributed by atoms with Crippen LogP contribution >= 0.6 is 15.9 Å². The van der Waals surface area contributed by atoms with Gasteiger partial charge in [0.2, 0.25) is 0 Å². The summed E-state index contributed by atoms with van der Waals surface area (Å²) in [6.07, 6.45) is 0. The molecule has 0 aliphatic carbocycles. The lowest BCUT2D eigenvalue weighted by Crippen LogP contribution is -2.14. The normalized spacial score (nSPS) is 10.2. The Morgan fingerprint density at radius 3 is 2.75 bits per heavy atom. The summed E-state index contributed by atoms with van der Waals surface area (Å²) in [6, 6.07) is 10.7. The highest BCUT2D eigenvalue weighted by Gasteiger charge is 2.12. The largest absolute Gasteiger partial charge is 0.495 e. The Labute approximate surface area is 126 Å². The Hall–Kier alpha value is -2.01. The lowest BCUT2D eigenvalue weighted by atomic mass is 10.1. The molecule has 0 aliphatic rings. The van der Waals surface area contributed by atoms with Crippen molar-refractivity contribution in [3.63, 3.8) is 0 Å². The first kappa shape index (κ1) is 14.4. The van der Waals surface area contributed by atoms with Gasteiger partial charge >= 0.3 is 0 Å². The van der Waals surface area contributed by atoms with E-state index >= 15 is 0 Å². The fraction of sp³-hybridized carbons (Fsp3) is 0.133. The topological polar surface area (TPSA) is 64.3 Å². The molecule has 2 aromatic rings. The molecule has 0 bridgehead atoms. The van der Waals surface area contributed by atoms with Crippen LogP contribution in [0.2, 0.25) is 0 Å². The molecule has 4 nitrogen and oxygen atoms in total. The van der Waals surface area contributed by atoms with E-state index in [1.54, 1.807) is 25.3 Å². The predicted octanol–water partition coefficient (Wildman–Crippen LogP) is 3.60. The Morgan fingerprint density at radius 2 is 2.05 bits per heavy atom. The van der Waals surface area contributed by atoms with Crippen molar-refractivity contribution in [1.82, 2.24) is 0 Å². The van der Waals surface area contributed by atoms with Gasteiger partial charge in [0.05, 0.1) is 17.1 Å². The van der Waals surface area contributed by atoms with Crippen LogP contribution in [0.25, 0.3) is 0 Å². The molecular formula is C15H15BrN2O2. The van der Waals surface area contributed by atoms with Gasteiger partial charge in [0.1, 0.15) is 5.75 Å². The average molecular weight is 335 g/mol. The van der Waals surface area contributed by atoms with Crippen LogP contribution in [0.3, 0.4) is 0 Å².